The number of hydrogen-bond acceptors (Lipinski definition) is 4. The molecule has 0 aliphatic rings. The fraction of sp³-hybridized carbons (Fsp3) is 0.111. The third kappa shape index (κ3) is 4.74. The first-order chi connectivity index (χ1) is 12.2. The Morgan fingerprint density at radius 3 is 2.72 bits per heavy atom. The van der Waals surface area contributed by atoms with Gasteiger partial charge in [0.15, 0.2) is 0 Å². The summed E-state index contributed by atoms with van der Waals surface area (Å²) in [5.74, 6) is 0.651. The lowest BCUT2D eigenvalue weighted by molar-refractivity contribution is 0.0955. The second-order valence-corrected chi connectivity index (χ2v) is 5.78. The molecule has 25 heavy (non-hydrogen) atoms. The third-order valence-electron chi connectivity index (χ3n) is 3.49. The van der Waals surface area contributed by atoms with Crippen LogP contribution in [-0.2, 0) is 0 Å². The van der Waals surface area contributed by atoms with E-state index in [-0.39, 0.29) is 5.91 Å². The van der Waals surface area contributed by atoms with Crippen molar-refractivity contribution < 1.29 is 4.79 Å². The van der Waals surface area contributed by atoms with Gasteiger partial charge in [-0.05, 0) is 30.3 Å². The van der Waals surface area contributed by atoms with Crippen LogP contribution in [0.3, 0.4) is 0 Å². The highest BCUT2D eigenvalue weighted by molar-refractivity contribution is 6.30. The van der Waals surface area contributed by atoms with Crippen LogP contribution in [0, 0.1) is 0 Å². The summed E-state index contributed by atoms with van der Waals surface area (Å²) in [6.07, 6.45) is 1.69. The molecule has 0 radical (unpaired) electrons. The molecule has 0 saturated heterocycles. The molecular weight excluding hydrogens is 338 g/mol. The Kier molecular flexibility index (Phi) is 5.53. The highest BCUT2D eigenvalue weighted by Gasteiger charge is 2.06. The topological polar surface area (TPSA) is 81.8 Å². The second kappa shape index (κ2) is 8.21. The summed E-state index contributed by atoms with van der Waals surface area (Å²) in [5.41, 5.74) is 2.32. The minimum atomic E-state index is -0.0933. The number of benzene rings is 2. The van der Waals surface area contributed by atoms with Gasteiger partial charge in [-0.1, -0.05) is 35.9 Å². The summed E-state index contributed by atoms with van der Waals surface area (Å²) in [5, 5.41) is 16.9. The van der Waals surface area contributed by atoms with Crippen molar-refractivity contribution in [2.45, 2.75) is 0 Å². The van der Waals surface area contributed by atoms with Gasteiger partial charge in [-0.25, -0.2) is 0 Å². The van der Waals surface area contributed by atoms with E-state index in [1.807, 2.05) is 42.5 Å². The molecule has 0 atom stereocenters. The lowest BCUT2D eigenvalue weighted by atomic mass is 10.2. The molecule has 0 aliphatic carbocycles. The summed E-state index contributed by atoms with van der Waals surface area (Å²) < 4.78 is 0. The van der Waals surface area contributed by atoms with Crippen molar-refractivity contribution >= 4 is 34.7 Å². The first-order valence-electron chi connectivity index (χ1n) is 7.85. The molecule has 7 heteroatoms. The molecule has 0 spiro atoms. The van der Waals surface area contributed by atoms with Crippen molar-refractivity contribution in [2.75, 3.05) is 23.7 Å². The predicted molar refractivity (Wildman–Crippen MR) is 101 cm³/mol. The largest absolute Gasteiger partial charge is 0.367 e. The van der Waals surface area contributed by atoms with Gasteiger partial charge in [-0.2, -0.15) is 5.10 Å². The summed E-state index contributed by atoms with van der Waals surface area (Å²) >= 11 is 5.99. The average molecular weight is 356 g/mol. The number of aromatic nitrogens is 2. The van der Waals surface area contributed by atoms with Crippen LogP contribution in [0.15, 0.2) is 60.8 Å². The molecule has 0 fully saturated rings. The third-order valence-corrected chi connectivity index (χ3v) is 3.73. The van der Waals surface area contributed by atoms with Crippen LogP contribution in [0.4, 0.5) is 17.2 Å². The van der Waals surface area contributed by atoms with Crippen LogP contribution in [0.2, 0.25) is 5.02 Å². The molecule has 0 bridgehead atoms. The standard InChI is InChI=1S/C18H18ClN5O/c19-14-7-4-8-15(11-14)23-16-12-22-24-17(16)20-9-10-21-18(25)13-5-2-1-3-6-13/h1-8,11-12,23H,9-10H2,(H,21,25)(H2,20,22,24). The molecule has 1 heterocycles. The van der Waals surface area contributed by atoms with Crippen molar-refractivity contribution in [3.63, 3.8) is 0 Å². The number of hydrogen-bond donors (Lipinski definition) is 4. The number of aromatic amines is 1. The zero-order chi connectivity index (χ0) is 17.5. The SMILES string of the molecule is O=C(NCCNc1[nH]ncc1Nc1cccc(Cl)c1)c1ccccc1. The first-order valence-corrected chi connectivity index (χ1v) is 8.23. The normalized spacial score (nSPS) is 10.3. The maximum Gasteiger partial charge on any atom is 0.251 e. The van der Waals surface area contributed by atoms with Crippen molar-refractivity contribution in [2.24, 2.45) is 0 Å². The Morgan fingerprint density at radius 2 is 1.92 bits per heavy atom. The zero-order valence-electron chi connectivity index (χ0n) is 13.4. The van der Waals surface area contributed by atoms with Crippen LogP contribution in [-0.4, -0.2) is 29.2 Å². The van der Waals surface area contributed by atoms with Gasteiger partial charge in [0.25, 0.3) is 5.91 Å². The Balaban J connectivity index is 1.49. The fourth-order valence-electron chi connectivity index (χ4n) is 2.29. The summed E-state index contributed by atoms with van der Waals surface area (Å²) in [4.78, 5) is 12.0. The maximum atomic E-state index is 12.0. The fourth-order valence-corrected chi connectivity index (χ4v) is 2.48. The second-order valence-electron chi connectivity index (χ2n) is 5.34. The van der Waals surface area contributed by atoms with Crippen LogP contribution < -0.4 is 16.0 Å². The molecular formula is C18H18ClN5O. The predicted octanol–water partition coefficient (Wildman–Crippen LogP) is 3.65. The number of carbonyl (C=O) groups is 1. The van der Waals surface area contributed by atoms with E-state index in [0.29, 0.717) is 23.7 Å². The van der Waals surface area contributed by atoms with E-state index in [4.69, 9.17) is 11.6 Å². The van der Waals surface area contributed by atoms with Crippen molar-refractivity contribution in [1.29, 1.82) is 0 Å². The Morgan fingerprint density at radius 1 is 1.08 bits per heavy atom. The number of nitrogens with zero attached hydrogens (tertiary/aromatic N) is 1. The molecule has 1 aromatic heterocycles. The van der Waals surface area contributed by atoms with Gasteiger partial charge in [0.05, 0.1) is 6.20 Å². The van der Waals surface area contributed by atoms with Gasteiger partial charge in [0, 0.05) is 29.4 Å². The van der Waals surface area contributed by atoms with E-state index in [1.165, 1.54) is 0 Å². The van der Waals surface area contributed by atoms with Crippen molar-refractivity contribution in [1.82, 2.24) is 15.5 Å². The van der Waals surface area contributed by atoms with Crippen LogP contribution >= 0.6 is 11.6 Å². The van der Waals surface area contributed by atoms with Crippen molar-refractivity contribution in [3.8, 4) is 0 Å². The van der Waals surface area contributed by atoms with Crippen LogP contribution in [0.5, 0.6) is 0 Å². The molecule has 0 saturated carbocycles. The molecule has 6 nitrogen and oxygen atoms in total. The first kappa shape index (κ1) is 16.9. The quantitative estimate of drug-likeness (QED) is 0.488. The smallest absolute Gasteiger partial charge is 0.251 e. The number of halogens is 1. The summed E-state index contributed by atoms with van der Waals surface area (Å²) in [6.45, 7) is 1.05. The van der Waals surface area contributed by atoms with Crippen molar-refractivity contribution in [3.05, 3.63) is 71.4 Å². The van der Waals surface area contributed by atoms with E-state index >= 15 is 0 Å². The van der Waals surface area contributed by atoms with Gasteiger partial charge in [0.1, 0.15) is 11.5 Å². The number of nitrogens with one attached hydrogen (secondary N) is 4. The molecule has 0 unspecified atom stereocenters. The van der Waals surface area contributed by atoms with Crippen LogP contribution in [0.25, 0.3) is 0 Å². The molecule has 4 N–H and O–H groups in total. The highest BCUT2D eigenvalue weighted by Crippen LogP contribution is 2.24. The van der Waals surface area contributed by atoms with E-state index < -0.39 is 0 Å². The van der Waals surface area contributed by atoms with Gasteiger partial charge in [-0.15, -0.1) is 0 Å². The molecule has 2 aromatic carbocycles. The highest BCUT2D eigenvalue weighted by atomic mass is 35.5. The molecule has 128 valence electrons. The number of rotatable bonds is 7. The van der Waals surface area contributed by atoms with E-state index in [2.05, 4.69) is 26.1 Å². The molecule has 3 rings (SSSR count). The minimum Gasteiger partial charge on any atom is -0.367 e. The van der Waals surface area contributed by atoms with E-state index in [1.54, 1.807) is 18.3 Å². The number of H-pyrrole nitrogens is 1. The Hall–Kier alpha value is -2.99. The molecule has 1 amide bonds. The van der Waals surface area contributed by atoms with Crippen LogP contribution in [0.1, 0.15) is 10.4 Å². The summed E-state index contributed by atoms with van der Waals surface area (Å²) in [6, 6.07) is 16.6. The van der Waals surface area contributed by atoms with E-state index in [9.17, 15) is 4.79 Å². The van der Waals surface area contributed by atoms with E-state index in [0.717, 1.165) is 17.2 Å². The summed E-state index contributed by atoms with van der Waals surface area (Å²) in [7, 11) is 0. The lowest BCUT2D eigenvalue weighted by Crippen LogP contribution is -2.28. The van der Waals surface area contributed by atoms with Gasteiger partial charge >= 0.3 is 0 Å². The number of anilines is 3. The minimum absolute atomic E-state index is 0.0933. The Bertz CT molecular complexity index is 834. The number of carbonyl (C=O) groups excluding carboxylic acids is 1. The van der Waals surface area contributed by atoms with Gasteiger partial charge in [0.2, 0.25) is 0 Å². The molecule has 3 aromatic rings. The Labute approximate surface area is 150 Å². The lowest BCUT2D eigenvalue weighted by Gasteiger charge is -2.10. The monoisotopic (exact) mass is 355 g/mol. The average Bonchev–Trinajstić information content (AvgIpc) is 3.06. The number of amides is 1. The zero-order valence-corrected chi connectivity index (χ0v) is 14.2. The molecule has 0 aliphatic heterocycles. The van der Waals surface area contributed by atoms with Gasteiger partial charge in [-0.3, -0.25) is 9.89 Å². The van der Waals surface area contributed by atoms with Gasteiger partial charge < -0.3 is 16.0 Å². The maximum absolute atomic E-state index is 12.0.